The predicted molar refractivity (Wildman–Crippen MR) is 137 cm³/mol. The van der Waals surface area contributed by atoms with Crippen molar-refractivity contribution in [1.29, 1.82) is 0 Å². The number of fused-ring (bicyclic) bond motifs is 1. The minimum absolute atomic E-state index is 0.180. The number of halogens is 1. The number of hydrogen-bond acceptors (Lipinski definition) is 5. The SMILES string of the molecule is COc1c(-c2ccc3c(c2)CC[C@]3(F)CNS(C)(=O)=O)cc(N2C=CC(=O)CC2=O)cc1C(C)(C)C. The van der Waals surface area contributed by atoms with Crippen molar-refractivity contribution in [2.24, 2.45) is 0 Å². The number of anilines is 1. The second-order valence-corrected chi connectivity index (χ2v) is 12.3. The monoisotopic (exact) mass is 514 g/mol. The highest BCUT2D eigenvalue weighted by molar-refractivity contribution is 7.88. The van der Waals surface area contributed by atoms with E-state index in [4.69, 9.17) is 4.74 Å². The van der Waals surface area contributed by atoms with Crippen LogP contribution < -0.4 is 14.4 Å². The van der Waals surface area contributed by atoms with E-state index in [1.165, 1.54) is 17.2 Å². The van der Waals surface area contributed by atoms with Gasteiger partial charge in [0.25, 0.3) is 0 Å². The number of nitrogens with one attached hydrogen (secondary N) is 1. The Morgan fingerprint density at radius 3 is 2.50 bits per heavy atom. The van der Waals surface area contributed by atoms with Crippen LogP contribution in [0.25, 0.3) is 11.1 Å². The minimum atomic E-state index is -3.52. The number of aryl methyl sites for hydroxylation is 1. The number of benzene rings is 2. The van der Waals surface area contributed by atoms with Crippen LogP contribution in [0.15, 0.2) is 42.6 Å². The lowest BCUT2D eigenvalue weighted by molar-refractivity contribution is -0.124. The van der Waals surface area contributed by atoms with E-state index < -0.39 is 15.7 Å². The first-order valence-corrected chi connectivity index (χ1v) is 13.6. The zero-order valence-corrected chi connectivity index (χ0v) is 22.0. The molecule has 0 unspecified atom stereocenters. The van der Waals surface area contributed by atoms with E-state index in [2.05, 4.69) is 4.72 Å². The maximum absolute atomic E-state index is 15.7. The van der Waals surface area contributed by atoms with Crippen LogP contribution in [0, 0.1) is 0 Å². The Bertz CT molecular complexity index is 1380. The van der Waals surface area contributed by atoms with Crippen molar-refractivity contribution in [2.75, 3.05) is 24.8 Å². The maximum atomic E-state index is 15.7. The van der Waals surface area contributed by atoms with Crippen molar-refractivity contribution in [3.8, 4) is 16.9 Å². The third-order valence-corrected chi connectivity index (χ3v) is 7.34. The number of sulfonamides is 1. The molecule has 192 valence electrons. The third-order valence-electron chi connectivity index (χ3n) is 6.67. The molecule has 2 aromatic carbocycles. The van der Waals surface area contributed by atoms with Gasteiger partial charge in [0.15, 0.2) is 5.78 Å². The number of amides is 1. The van der Waals surface area contributed by atoms with Gasteiger partial charge in [0.1, 0.15) is 11.4 Å². The standard InChI is InChI=1S/C27H31FN2O5S/c1-26(2,3)23-14-19(30-11-9-20(31)15-24(30)32)13-21(25(23)35-4)17-6-7-22-18(12-17)8-10-27(22,28)16-29-36(5,33)34/h6-7,9,11-14,29H,8,10,15-16H2,1-5H3/t27-/m0/s1. The highest BCUT2D eigenvalue weighted by Gasteiger charge is 2.40. The molecule has 2 aromatic rings. The highest BCUT2D eigenvalue weighted by atomic mass is 32.2. The molecular formula is C27H31FN2O5S. The number of carbonyl (C=O) groups excluding carboxylic acids is 2. The summed E-state index contributed by atoms with van der Waals surface area (Å²) < 4.78 is 46.9. The molecule has 1 aliphatic heterocycles. The third kappa shape index (κ3) is 5.08. The van der Waals surface area contributed by atoms with Gasteiger partial charge in [0, 0.05) is 29.6 Å². The second kappa shape index (κ2) is 9.12. The first-order valence-electron chi connectivity index (χ1n) is 11.7. The zero-order valence-electron chi connectivity index (χ0n) is 21.1. The summed E-state index contributed by atoms with van der Waals surface area (Å²) in [6.45, 7) is 5.83. The molecule has 9 heteroatoms. The molecule has 0 radical (unpaired) electrons. The molecule has 1 amide bonds. The van der Waals surface area contributed by atoms with Crippen LogP contribution in [-0.2, 0) is 37.1 Å². The summed E-state index contributed by atoms with van der Waals surface area (Å²) in [4.78, 5) is 25.8. The molecular weight excluding hydrogens is 483 g/mol. The molecule has 1 N–H and O–H groups in total. The predicted octanol–water partition coefficient (Wildman–Crippen LogP) is 4.14. The van der Waals surface area contributed by atoms with Gasteiger partial charge in [-0.25, -0.2) is 17.5 Å². The van der Waals surface area contributed by atoms with Crippen molar-refractivity contribution >= 4 is 27.4 Å². The molecule has 4 rings (SSSR count). The Hall–Kier alpha value is -3.04. The largest absolute Gasteiger partial charge is 0.496 e. The van der Waals surface area contributed by atoms with Gasteiger partial charge < -0.3 is 4.74 Å². The summed E-state index contributed by atoms with van der Waals surface area (Å²) in [5, 5.41) is 0. The van der Waals surface area contributed by atoms with Crippen LogP contribution in [0.4, 0.5) is 10.1 Å². The zero-order chi connectivity index (χ0) is 26.5. The van der Waals surface area contributed by atoms with E-state index in [1.54, 1.807) is 19.2 Å². The van der Waals surface area contributed by atoms with Crippen LogP contribution in [0.5, 0.6) is 5.75 Å². The molecule has 1 atom stereocenters. The average Bonchev–Trinajstić information content (AvgIpc) is 3.12. The van der Waals surface area contributed by atoms with Gasteiger partial charge in [-0.05, 0) is 53.2 Å². The van der Waals surface area contributed by atoms with Gasteiger partial charge in [0.05, 0.1) is 19.8 Å². The Morgan fingerprint density at radius 1 is 1.17 bits per heavy atom. The van der Waals surface area contributed by atoms with E-state index in [1.807, 2.05) is 39.0 Å². The minimum Gasteiger partial charge on any atom is -0.496 e. The van der Waals surface area contributed by atoms with Crippen molar-refractivity contribution in [2.45, 2.75) is 51.1 Å². The molecule has 0 fully saturated rings. The summed E-state index contributed by atoms with van der Waals surface area (Å²) in [5.74, 6) is 0.103. The van der Waals surface area contributed by atoms with Crippen LogP contribution in [0.1, 0.15) is 50.3 Å². The van der Waals surface area contributed by atoms with E-state index in [0.29, 0.717) is 23.4 Å². The molecule has 0 saturated heterocycles. The van der Waals surface area contributed by atoms with Gasteiger partial charge in [0.2, 0.25) is 15.9 Å². The fourth-order valence-electron chi connectivity index (χ4n) is 4.81. The Balaban J connectivity index is 1.83. The summed E-state index contributed by atoms with van der Waals surface area (Å²) in [5.41, 5.74) is 2.20. The Morgan fingerprint density at radius 2 is 1.89 bits per heavy atom. The molecule has 0 spiro atoms. The lowest BCUT2D eigenvalue weighted by Crippen LogP contribution is -2.35. The van der Waals surface area contributed by atoms with Crippen LogP contribution in [0.2, 0.25) is 0 Å². The van der Waals surface area contributed by atoms with Crippen LogP contribution in [0.3, 0.4) is 0 Å². The number of nitrogens with zero attached hydrogens (tertiary/aromatic N) is 1. The number of alkyl halides is 1. The number of methoxy groups -OCH3 is 1. The second-order valence-electron chi connectivity index (χ2n) is 10.5. The van der Waals surface area contributed by atoms with Gasteiger partial charge in [-0.1, -0.05) is 39.0 Å². The molecule has 1 heterocycles. The number of carbonyl (C=O) groups is 2. The fraction of sp³-hybridized carbons (Fsp3) is 0.407. The molecule has 1 aliphatic carbocycles. The van der Waals surface area contributed by atoms with Gasteiger partial charge in [-0.2, -0.15) is 0 Å². The van der Waals surface area contributed by atoms with Crippen molar-refractivity contribution < 1.29 is 27.1 Å². The average molecular weight is 515 g/mol. The molecule has 2 aliphatic rings. The first kappa shape index (κ1) is 26.0. The Labute approximate surface area is 211 Å². The van der Waals surface area contributed by atoms with Crippen molar-refractivity contribution in [3.05, 3.63) is 59.3 Å². The van der Waals surface area contributed by atoms with E-state index in [0.717, 1.165) is 28.5 Å². The Kier molecular flexibility index (Phi) is 6.59. The summed E-state index contributed by atoms with van der Waals surface area (Å²) in [6, 6.07) is 9.15. The number of ketones is 1. The fourth-order valence-corrected chi connectivity index (χ4v) is 5.30. The van der Waals surface area contributed by atoms with Crippen molar-refractivity contribution in [3.63, 3.8) is 0 Å². The quantitative estimate of drug-likeness (QED) is 0.585. The van der Waals surface area contributed by atoms with E-state index >= 15 is 4.39 Å². The van der Waals surface area contributed by atoms with Crippen LogP contribution >= 0.6 is 0 Å². The molecule has 0 saturated carbocycles. The molecule has 7 nitrogen and oxygen atoms in total. The number of hydrogen-bond donors (Lipinski definition) is 1. The lowest BCUT2D eigenvalue weighted by Gasteiger charge is -2.29. The summed E-state index contributed by atoms with van der Waals surface area (Å²) >= 11 is 0. The molecule has 0 bridgehead atoms. The van der Waals surface area contributed by atoms with Gasteiger partial charge in [-0.3, -0.25) is 14.5 Å². The molecule has 0 aromatic heterocycles. The van der Waals surface area contributed by atoms with Gasteiger partial charge in [-0.15, -0.1) is 0 Å². The number of rotatable bonds is 6. The lowest BCUT2D eigenvalue weighted by atomic mass is 9.83. The summed E-state index contributed by atoms with van der Waals surface area (Å²) in [6.07, 6.45) is 4.35. The highest BCUT2D eigenvalue weighted by Crippen LogP contribution is 2.46. The molecule has 36 heavy (non-hydrogen) atoms. The smallest absolute Gasteiger partial charge is 0.238 e. The number of ether oxygens (including phenoxy) is 1. The van der Waals surface area contributed by atoms with E-state index in [9.17, 15) is 18.0 Å². The first-order chi connectivity index (χ1) is 16.7. The van der Waals surface area contributed by atoms with E-state index in [-0.39, 0.29) is 36.5 Å². The normalized spacial score (nSPS) is 20.1. The van der Waals surface area contributed by atoms with Crippen molar-refractivity contribution in [1.82, 2.24) is 4.72 Å². The maximum Gasteiger partial charge on any atom is 0.238 e. The summed E-state index contributed by atoms with van der Waals surface area (Å²) in [7, 11) is -1.93. The van der Waals surface area contributed by atoms with Crippen LogP contribution in [-0.4, -0.2) is 40.0 Å². The number of allylic oxidation sites excluding steroid dienone is 1. The topological polar surface area (TPSA) is 92.8 Å². The van der Waals surface area contributed by atoms with Gasteiger partial charge >= 0.3 is 0 Å².